The molecule has 0 aromatic rings. The summed E-state index contributed by atoms with van der Waals surface area (Å²) in [6, 6.07) is -0.0700. The smallest absolute Gasteiger partial charge is 0.279 e. The maximum atomic E-state index is 12.0. The van der Waals surface area contributed by atoms with E-state index in [0.717, 1.165) is 12.8 Å². The van der Waals surface area contributed by atoms with Crippen molar-refractivity contribution in [3.63, 3.8) is 0 Å². The van der Waals surface area contributed by atoms with Crippen LogP contribution < -0.4 is 10.5 Å². The summed E-state index contributed by atoms with van der Waals surface area (Å²) < 4.78 is 28.2. The first-order valence-corrected chi connectivity index (χ1v) is 7.32. The second kappa shape index (κ2) is 7.21. The Morgan fingerprint density at radius 2 is 1.75 bits per heavy atom. The van der Waals surface area contributed by atoms with Crippen molar-refractivity contribution in [3.05, 3.63) is 0 Å². The standard InChI is InChI=1S/C10H25N3O2S/c1-5-10(6-2)13(8-7-11)16(14,15)12-9(3)4/h9-10,12H,5-8,11H2,1-4H3. The number of hydrogen-bond donors (Lipinski definition) is 2. The van der Waals surface area contributed by atoms with Crippen molar-refractivity contribution in [2.45, 2.75) is 52.6 Å². The van der Waals surface area contributed by atoms with E-state index in [1.165, 1.54) is 4.31 Å². The van der Waals surface area contributed by atoms with E-state index >= 15 is 0 Å². The van der Waals surface area contributed by atoms with Gasteiger partial charge in [0.05, 0.1) is 0 Å². The third-order valence-corrected chi connectivity index (χ3v) is 4.26. The lowest BCUT2D eigenvalue weighted by Gasteiger charge is -2.29. The van der Waals surface area contributed by atoms with E-state index in [1.54, 1.807) is 0 Å². The van der Waals surface area contributed by atoms with Crippen LogP contribution in [0.5, 0.6) is 0 Å². The van der Waals surface area contributed by atoms with Crippen molar-refractivity contribution >= 4 is 10.2 Å². The molecule has 0 radical (unpaired) electrons. The van der Waals surface area contributed by atoms with Crippen molar-refractivity contribution < 1.29 is 8.42 Å². The van der Waals surface area contributed by atoms with Crippen LogP contribution in [0.15, 0.2) is 0 Å². The third-order valence-electron chi connectivity index (χ3n) is 2.39. The second-order valence-electron chi connectivity index (χ2n) is 4.15. The SMILES string of the molecule is CCC(CC)N(CCN)S(=O)(=O)NC(C)C. The Hall–Kier alpha value is -0.170. The summed E-state index contributed by atoms with van der Waals surface area (Å²) in [6.07, 6.45) is 1.60. The van der Waals surface area contributed by atoms with Crippen molar-refractivity contribution in [1.29, 1.82) is 0 Å². The number of rotatable bonds is 8. The molecule has 0 spiro atoms. The molecule has 0 aliphatic heterocycles. The van der Waals surface area contributed by atoms with E-state index in [-0.39, 0.29) is 12.1 Å². The van der Waals surface area contributed by atoms with Crippen molar-refractivity contribution in [2.75, 3.05) is 13.1 Å². The van der Waals surface area contributed by atoms with Gasteiger partial charge in [-0.25, -0.2) is 0 Å². The fourth-order valence-corrected chi connectivity index (χ4v) is 3.46. The molecule has 0 heterocycles. The van der Waals surface area contributed by atoms with Gasteiger partial charge in [-0.05, 0) is 26.7 Å². The molecule has 0 rings (SSSR count). The quantitative estimate of drug-likeness (QED) is 0.666. The fraction of sp³-hybridized carbons (Fsp3) is 1.00. The van der Waals surface area contributed by atoms with Crippen molar-refractivity contribution in [2.24, 2.45) is 5.73 Å². The summed E-state index contributed by atoms with van der Waals surface area (Å²) in [4.78, 5) is 0. The molecule has 3 N–H and O–H groups in total. The Bertz CT molecular complexity index is 274. The van der Waals surface area contributed by atoms with Gasteiger partial charge in [-0.15, -0.1) is 0 Å². The van der Waals surface area contributed by atoms with Crippen LogP contribution in [0.3, 0.4) is 0 Å². The minimum atomic E-state index is -3.40. The van der Waals surface area contributed by atoms with E-state index < -0.39 is 10.2 Å². The molecule has 0 aliphatic carbocycles. The Morgan fingerprint density at radius 3 is 2.06 bits per heavy atom. The molecule has 0 aromatic heterocycles. The Kier molecular flexibility index (Phi) is 7.14. The van der Waals surface area contributed by atoms with Crippen molar-refractivity contribution in [1.82, 2.24) is 9.03 Å². The molecule has 0 unspecified atom stereocenters. The molecule has 0 fully saturated rings. The largest absolute Gasteiger partial charge is 0.329 e. The first-order valence-electron chi connectivity index (χ1n) is 5.88. The molecule has 0 amide bonds. The molecule has 98 valence electrons. The highest BCUT2D eigenvalue weighted by Crippen LogP contribution is 2.12. The van der Waals surface area contributed by atoms with Crippen molar-refractivity contribution in [3.8, 4) is 0 Å². The lowest BCUT2D eigenvalue weighted by atomic mass is 10.2. The molecule has 0 aromatic carbocycles. The molecule has 0 aliphatic rings. The van der Waals surface area contributed by atoms with Crippen LogP contribution in [0, 0.1) is 0 Å². The highest BCUT2D eigenvalue weighted by Gasteiger charge is 2.27. The van der Waals surface area contributed by atoms with Gasteiger partial charge in [0.1, 0.15) is 0 Å². The van der Waals surface area contributed by atoms with Gasteiger partial charge in [-0.2, -0.15) is 17.4 Å². The van der Waals surface area contributed by atoms with Gasteiger partial charge in [0.2, 0.25) is 0 Å². The molecular weight excluding hydrogens is 226 g/mol. The van der Waals surface area contributed by atoms with Gasteiger partial charge in [0.15, 0.2) is 0 Å². The predicted molar refractivity (Wildman–Crippen MR) is 67.3 cm³/mol. The van der Waals surface area contributed by atoms with Gasteiger partial charge >= 0.3 is 0 Å². The van der Waals surface area contributed by atoms with Gasteiger partial charge in [-0.1, -0.05) is 13.8 Å². The normalized spacial score (nSPS) is 13.0. The van der Waals surface area contributed by atoms with Crippen LogP contribution >= 0.6 is 0 Å². The molecule has 5 nitrogen and oxygen atoms in total. The Labute approximate surface area is 99.6 Å². The van der Waals surface area contributed by atoms with Gasteiger partial charge in [-0.3, -0.25) is 0 Å². The summed E-state index contributed by atoms with van der Waals surface area (Å²) in [6.45, 7) is 8.31. The van der Waals surface area contributed by atoms with E-state index in [2.05, 4.69) is 4.72 Å². The average Bonchev–Trinajstić information content (AvgIpc) is 2.16. The number of nitrogens with zero attached hydrogens (tertiary/aromatic N) is 1. The summed E-state index contributed by atoms with van der Waals surface area (Å²) in [5.74, 6) is 0. The monoisotopic (exact) mass is 251 g/mol. The van der Waals surface area contributed by atoms with Gasteiger partial charge in [0, 0.05) is 25.2 Å². The first kappa shape index (κ1) is 15.8. The summed E-state index contributed by atoms with van der Waals surface area (Å²) in [5, 5.41) is 0. The van der Waals surface area contributed by atoms with E-state index in [0.29, 0.717) is 13.1 Å². The molecule has 0 saturated heterocycles. The summed E-state index contributed by atoms with van der Waals surface area (Å²) >= 11 is 0. The maximum absolute atomic E-state index is 12.0. The first-order chi connectivity index (χ1) is 7.38. The topological polar surface area (TPSA) is 75.4 Å². The molecule has 0 saturated carbocycles. The number of hydrogen-bond acceptors (Lipinski definition) is 3. The Balaban J connectivity index is 4.88. The van der Waals surface area contributed by atoms with Gasteiger partial charge in [0.25, 0.3) is 10.2 Å². The third kappa shape index (κ3) is 4.78. The van der Waals surface area contributed by atoms with E-state index in [1.807, 2.05) is 27.7 Å². The molecular formula is C10H25N3O2S. The average molecular weight is 251 g/mol. The fourth-order valence-electron chi connectivity index (χ4n) is 1.69. The van der Waals surface area contributed by atoms with Crippen LogP contribution in [0.4, 0.5) is 0 Å². The lowest BCUT2D eigenvalue weighted by molar-refractivity contribution is 0.303. The van der Waals surface area contributed by atoms with Crippen LogP contribution in [0.1, 0.15) is 40.5 Å². The van der Waals surface area contributed by atoms with E-state index in [4.69, 9.17) is 5.73 Å². The molecule has 6 heteroatoms. The zero-order valence-corrected chi connectivity index (χ0v) is 11.5. The maximum Gasteiger partial charge on any atom is 0.279 e. The van der Waals surface area contributed by atoms with Gasteiger partial charge < -0.3 is 5.73 Å². The summed E-state index contributed by atoms with van der Waals surface area (Å²) in [5.41, 5.74) is 5.47. The lowest BCUT2D eigenvalue weighted by Crippen LogP contribution is -2.49. The zero-order valence-electron chi connectivity index (χ0n) is 10.7. The minimum absolute atomic E-state index is 0.0276. The van der Waals surface area contributed by atoms with Crippen LogP contribution in [0.2, 0.25) is 0 Å². The van der Waals surface area contributed by atoms with Crippen LogP contribution in [-0.2, 0) is 10.2 Å². The second-order valence-corrected chi connectivity index (χ2v) is 5.80. The molecule has 16 heavy (non-hydrogen) atoms. The summed E-state index contributed by atoms with van der Waals surface area (Å²) in [7, 11) is -3.40. The number of nitrogens with two attached hydrogens (primary N) is 1. The van der Waals surface area contributed by atoms with Crippen LogP contribution in [-0.4, -0.2) is 37.9 Å². The number of nitrogens with one attached hydrogen (secondary N) is 1. The highest BCUT2D eigenvalue weighted by molar-refractivity contribution is 7.87. The highest BCUT2D eigenvalue weighted by atomic mass is 32.2. The van der Waals surface area contributed by atoms with E-state index in [9.17, 15) is 8.42 Å². The molecule has 0 bridgehead atoms. The van der Waals surface area contributed by atoms with Crippen LogP contribution in [0.25, 0.3) is 0 Å². The predicted octanol–water partition coefficient (Wildman–Crippen LogP) is 0.679. The zero-order chi connectivity index (χ0) is 12.8. The Morgan fingerprint density at radius 1 is 1.25 bits per heavy atom. The minimum Gasteiger partial charge on any atom is -0.329 e. The molecule has 0 atom stereocenters.